The molecule has 0 bridgehead atoms. The first kappa shape index (κ1) is 17.3. The minimum Gasteiger partial charge on any atom is -0.454 e. The molecule has 0 unspecified atom stereocenters. The van der Waals surface area contributed by atoms with Crippen LogP contribution >= 0.6 is 15.9 Å². The number of hydrogen-bond donors (Lipinski definition) is 0. The average Bonchev–Trinajstić information content (AvgIpc) is 3.21. The Morgan fingerprint density at radius 2 is 2.16 bits per heavy atom. The van der Waals surface area contributed by atoms with Gasteiger partial charge >= 0.3 is 5.97 Å². The Bertz CT molecular complexity index is 895. The van der Waals surface area contributed by atoms with E-state index in [4.69, 9.17) is 9.26 Å². The fourth-order valence-electron chi connectivity index (χ4n) is 2.02. The number of esters is 1. The van der Waals surface area contributed by atoms with Crippen molar-refractivity contribution in [1.29, 1.82) is 0 Å². The van der Waals surface area contributed by atoms with Crippen molar-refractivity contribution >= 4 is 21.9 Å². The van der Waals surface area contributed by atoms with Crippen LogP contribution in [-0.4, -0.2) is 25.9 Å². The van der Waals surface area contributed by atoms with Gasteiger partial charge in [0.05, 0.1) is 17.4 Å². The van der Waals surface area contributed by atoms with E-state index < -0.39 is 5.97 Å². The van der Waals surface area contributed by atoms with Gasteiger partial charge in [0.2, 0.25) is 11.7 Å². The third-order valence-corrected chi connectivity index (χ3v) is 3.83. The van der Waals surface area contributed by atoms with Crippen LogP contribution in [0.3, 0.4) is 0 Å². The maximum absolute atomic E-state index is 12.2. The standard InChI is InChI=1S/C17H17BrN4O3/c1-17(2,3)16-20-14(21-25-16)10-24-15(23)11-8-19-22(9-11)13-6-4-5-12(18)7-13/h4-9H,10H2,1-3H3. The normalized spacial score (nSPS) is 11.5. The van der Waals surface area contributed by atoms with E-state index in [-0.39, 0.29) is 12.0 Å². The molecule has 0 aliphatic heterocycles. The lowest BCUT2D eigenvalue weighted by molar-refractivity contribution is 0.0459. The number of hydrogen-bond acceptors (Lipinski definition) is 6. The molecule has 0 spiro atoms. The molecule has 7 nitrogen and oxygen atoms in total. The molecule has 2 aromatic heterocycles. The zero-order valence-electron chi connectivity index (χ0n) is 14.1. The lowest BCUT2D eigenvalue weighted by atomic mass is 9.97. The molecule has 0 fully saturated rings. The second-order valence-corrected chi connectivity index (χ2v) is 7.41. The van der Waals surface area contributed by atoms with Gasteiger partial charge in [-0.3, -0.25) is 0 Å². The smallest absolute Gasteiger partial charge is 0.341 e. The molecule has 0 aliphatic carbocycles. The molecule has 1 aromatic carbocycles. The Kier molecular flexibility index (Phi) is 4.71. The van der Waals surface area contributed by atoms with Gasteiger partial charge in [-0.15, -0.1) is 0 Å². The predicted molar refractivity (Wildman–Crippen MR) is 93.4 cm³/mol. The van der Waals surface area contributed by atoms with Gasteiger partial charge in [0.1, 0.15) is 0 Å². The van der Waals surface area contributed by atoms with Crippen LogP contribution in [0.4, 0.5) is 0 Å². The van der Waals surface area contributed by atoms with E-state index in [1.165, 1.54) is 6.20 Å². The highest BCUT2D eigenvalue weighted by Crippen LogP contribution is 2.20. The molecule has 25 heavy (non-hydrogen) atoms. The molecule has 0 radical (unpaired) electrons. The summed E-state index contributed by atoms with van der Waals surface area (Å²) < 4.78 is 12.9. The van der Waals surface area contributed by atoms with Crippen LogP contribution in [0.25, 0.3) is 5.69 Å². The van der Waals surface area contributed by atoms with Crippen molar-refractivity contribution in [3.05, 3.63) is 58.4 Å². The highest BCUT2D eigenvalue weighted by atomic mass is 79.9. The van der Waals surface area contributed by atoms with Gasteiger partial charge in [-0.2, -0.15) is 10.1 Å². The molecule has 0 saturated heterocycles. The molecule has 2 heterocycles. The molecule has 0 amide bonds. The van der Waals surface area contributed by atoms with Crippen molar-refractivity contribution in [3.63, 3.8) is 0 Å². The van der Waals surface area contributed by atoms with E-state index in [9.17, 15) is 4.79 Å². The SMILES string of the molecule is CC(C)(C)c1nc(COC(=O)c2cnn(-c3cccc(Br)c3)c2)no1. The highest BCUT2D eigenvalue weighted by molar-refractivity contribution is 9.10. The van der Waals surface area contributed by atoms with Crippen LogP contribution in [-0.2, 0) is 16.8 Å². The summed E-state index contributed by atoms with van der Waals surface area (Å²) in [6.45, 7) is 5.84. The fourth-order valence-corrected chi connectivity index (χ4v) is 2.41. The molecule has 3 aromatic rings. The van der Waals surface area contributed by atoms with Crippen LogP contribution in [0.15, 0.2) is 45.7 Å². The topological polar surface area (TPSA) is 83.0 Å². The second kappa shape index (κ2) is 6.79. The third kappa shape index (κ3) is 4.14. The number of carbonyl (C=O) groups excluding carboxylic acids is 1. The fraction of sp³-hybridized carbons (Fsp3) is 0.294. The van der Waals surface area contributed by atoms with E-state index in [1.54, 1.807) is 10.9 Å². The summed E-state index contributed by atoms with van der Waals surface area (Å²) in [5, 5.41) is 8.01. The van der Waals surface area contributed by atoms with Gasteiger partial charge < -0.3 is 9.26 Å². The number of benzene rings is 1. The second-order valence-electron chi connectivity index (χ2n) is 6.50. The number of ether oxygens (including phenoxy) is 1. The lowest BCUT2D eigenvalue weighted by Crippen LogP contribution is -2.12. The van der Waals surface area contributed by atoms with Crippen LogP contribution in [0.2, 0.25) is 0 Å². The van der Waals surface area contributed by atoms with Gasteiger partial charge in [0.15, 0.2) is 6.61 Å². The molecule has 3 rings (SSSR count). The summed E-state index contributed by atoms with van der Waals surface area (Å²) >= 11 is 3.41. The minimum atomic E-state index is -0.497. The summed E-state index contributed by atoms with van der Waals surface area (Å²) in [5.74, 6) is 0.335. The number of halogens is 1. The maximum atomic E-state index is 12.2. The van der Waals surface area contributed by atoms with Crippen molar-refractivity contribution in [1.82, 2.24) is 19.9 Å². The zero-order valence-corrected chi connectivity index (χ0v) is 15.6. The first-order valence-corrected chi connectivity index (χ1v) is 8.43. The van der Waals surface area contributed by atoms with Crippen molar-refractivity contribution in [2.45, 2.75) is 32.8 Å². The summed E-state index contributed by atoms with van der Waals surface area (Å²) in [7, 11) is 0. The Hall–Kier alpha value is -2.48. The quantitative estimate of drug-likeness (QED) is 0.616. The predicted octanol–water partition coefficient (Wildman–Crippen LogP) is 3.67. The van der Waals surface area contributed by atoms with Gasteiger partial charge in [-0.1, -0.05) is 47.9 Å². The molecule has 0 aliphatic rings. The lowest BCUT2D eigenvalue weighted by Gasteiger charge is -2.10. The zero-order chi connectivity index (χ0) is 18.0. The Morgan fingerprint density at radius 1 is 1.36 bits per heavy atom. The van der Waals surface area contributed by atoms with Crippen LogP contribution in [0, 0.1) is 0 Å². The molecule has 0 saturated carbocycles. The van der Waals surface area contributed by atoms with Gasteiger partial charge in [-0.25, -0.2) is 9.48 Å². The first-order valence-electron chi connectivity index (χ1n) is 7.64. The first-order chi connectivity index (χ1) is 11.8. The Labute approximate surface area is 153 Å². The minimum absolute atomic E-state index is 0.0551. The summed E-state index contributed by atoms with van der Waals surface area (Å²) in [4.78, 5) is 16.4. The van der Waals surface area contributed by atoms with Crippen molar-refractivity contribution < 1.29 is 14.1 Å². The van der Waals surface area contributed by atoms with Crippen molar-refractivity contribution in [2.24, 2.45) is 0 Å². The molecular weight excluding hydrogens is 388 g/mol. The molecule has 8 heteroatoms. The van der Waals surface area contributed by atoms with Crippen LogP contribution in [0.1, 0.15) is 42.8 Å². The molecular formula is C17H17BrN4O3. The number of carbonyl (C=O) groups is 1. The third-order valence-electron chi connectivity index (χ3n) is 3.33. The monoisotopic (exact) mass is 404 g/mol. The number of nitrogens with zero attached hydrogens (tertiary/aromatic N) is 4. The summed E-state index contributed by atoms with van der Waals surface area (Å²) in [6, 6.07) is 7.59. The van der Waals surface area contributed by atoms with E-state index in [0.717, 1.165) is 10.2 Å². The van der Waals surface area contributed by atoms with Gasteiger partial charge in [-0.05, 0) is 18.2 Å². The number of rotatable bonds is 4. The van der Waals surface area contributed by atoms with E-state index >= 15 is 0 Å². The van der Waals surface area contributed by atoms with E-state index in [0.29, 0.717) is 17.3 Å². The molecule has 0 N–H and O–H groups in total. The largest absolute Gasteiger partial charge is 0.454 e. The van der Waals surface area contributed by atoms with Crippen molar-refractivity contribution in [3.8, 4) is 5.69 Å². The molecule has 0 atom stereocenters. The summed E-state index contributed by atoms with van der Waals surface area (Å²) in [5.41, 5.74) is 0.932. The van der Waals surface area contributed by atoms with Crippen LogP contribution in [0.5, 0.6) is 0 Å². The average molecular weight is 405 g/mol. The summed E-state index contributed by atoms with van der Waals surface area (Å²) in [6.07, 6.45) is 3.07. The van der Waals surface area contributed by atoms with E-state index in [1.807, 2.05) is 45.0 Å². The Morgan fingerprint density at radius 3 is 2.84 bits per heavy atom. The Balaban J connectivity index is 1.65. The highest BCUT2D eigenvalue weighted by Gasteiger charge is 2.22. The van der Waals surface area contributed by atoms with Gasteiger partial charge in [0.25, 0.3) is 0 Å². The maximum Gasteiger partial charge on any atom is 0.341 e. The van der Waals surface area contributed by atoms with Crippen molar-refractivity contribution in [2.75, 3.05) is 0 Å². The molecule has 130 valence electrons. The number of aromatic nitrogens is 4. The van der Waals surface area contributed by atoms with E-state index in [2.05, 4.69) is 31.2 Å². The van der Waals surface area contributed by atoms with Crippen LogP contribution < -0.4 is 0 Å². The van der Waals surface area contributed by atoms with Gasteiger partial charge in [0, 0.05) is 16.1 Å².